The van der Waals surface area contributed by atoms with E-state index >= 15 is 0 Å². The summed E-state index contributed by atoms with van der Waals surface area (Å²) in [5.74, 6) is 0.484. The fraction of sp³-hybridized carbons (Fsp3) is 0.333. The second kappa shape index (κ2) is 9.74. The number of aromatic nitrogens is 3. The van der Waals surface area contributed by atoms with Crippen molar-refractivity contribution in [1.82, 2.24) is 20.3 Å². The van der Waals surface area contributed by atoms with E-state index in [0.29, 0.717) is 42.0 Å². The fourth-order valence-corrected chi connectivity index (χ4v) is 2.87. The minimum Gasteiger partial charge on any atom is -0.444 e. The molecule has 0 spiro atoms. The summed E-state index contributed by atoms with van der Waals surface area (Å²) in [6, 6.07) is 6.48. The Balaban J connectivity index is 1.62. The molecule has 0 atom stereocenters. The zero-order valence-electron chi connectivity index (χ0n) is 17.5. The predicted molar refractivity (Wildman–Crippen MR) is 119 cm³/mol. The first-order chi connectivity index (χ1) is 14.7. The Bertz CT molecular complexity index is 1070. The zero-order valence-corrected chi connectivity index (χ0v) is 18.3. The van der Waals surface area contributed by atoms with Gasteiger partial charge in [-0.1, -0.05) is 17.7 Å². The van der Waals surface area contributed by atoms with Crippen LogP contribution in [0.3, 0.4) is 0 Å². The Morgan fingerprint density at radius 1 is 1.19 bits per heavy atom. The van der Waals surface area contributed by atoms with E-state index in [1.54, 1.807) is 24.4 Å². The molecule has 2 aromatic heterocycles. The maximum Gasteiger partial charge on any atom is 0.407 e. The number of fused-ring (bicyclic) bond motifs is 1. The van der Waals surface area contributed by atoms with Crippen molar-refractivity contribution in [2.75, 3.05) is 23.7 Å². The van der Waals surface area contributed by atoms with Gasteiger partial charge in [-0.25, -0.2) is 24.1 Å². The third-order valence-corrected chi connectivity index (χ3v) is 4.35. The Hall–Kier alpha value is -3.20. The number of carbonyl (C=O) groups excluding carboxylic acids is 1. The number of ether oxygens (including phenoxy) is 1. The van der Waals surface area contributed by atoms with Crippen LogP contribution in [0.1, 0.15) is 27.2 Å². The molecule has 0 aliphatic rings. The van der Waals surface area contributed by atoms with Crippen LogP contribution in [-0.2, 0) is 4.74 Å². The zero-order chi connectivity index (χ0) is 22.4. The second-order valence-corrected chi connectivity index (χ2v) is 8.15. The van der Waals surface area contributed by atoms with Crippen molar-refractivity contribution in [1.29, 1.82) is 0 Å². The molecule has 31 heavy (non-hydrogen) atoms. The van der Waals surface area contributed by atoms with Gasteiger partial charge in [0.2, 0.25) is 0 Å². The lowest BCUT2D eigenvalue weighted by Gasteiger charge is -2.19. The summed E-state index contributed by atoms with van der Waals surface area (Å²) in [6.07, 6.45) is 3.21. The first kappa shape index (κ1) is 22.5. The largest absolute Gasteiger partial charge is 0.444 e. The standard InChI is InChI=1S/C21H24ClFN6O2/c1-21(2,3)31-20(30)25-9-5-8-24-17-10-13-16(11-26-17)27-12-28-19(13)29-15-7-4-6-14(22)18(15)23/h4,6-7,10-12H,5,8-9H2,1-3H3,(H,24,26)(H,25,30)(H,27,28,29). The summed E-state index contributed by atoms with van der Waals surface area (Å²) in [5.41, 5.74) is 0.295. The van der Waals surface area contributed by atoms with Crippen molar-refractivity contribution in [3.8, 4) is 0 Å². The quantitative estimate of drug-likeness (QED) is 0.444. The molecule has 1 aromatic carbocycles. The molecule has 0 aliphatic carbocycles. The average Bonchev–Trinajstić information content (AvgIpc) is 2.70. The van der Waals surface area contributed by atoms with Gasteiger partial charge in [0.25, 0.3) is 0 Å². The van der Waals surface area contributed by atoms with Crippen LogP contribution in [0.15, 0.2) is 36.8 Å². The van der Waals surface area contributed by atoms with E-state index < -0.39 is 17.5 Å². The van der Waals surface area contributed by atoms with Crippen molar-refractivity contribution in [2.24, 2.45) is 0 Å². The van der Waals surface area contributed by atoms with Crippen molar-refractivity contribution < 1.29 is 13.9 Å². The van der Waals surface area contributed by atoms with Crippen LogP contribution in [0.25, 0.3) is 10.9 Å². The van der Waals surface area contributed by atoms with Gasteiger partial charge in [-0.05, 0) is 45.4 Å². The molecular formula is C21H24ClFN6O2. The van der Waals surface area contributed by atoms with E-state index in [1.165, 1.54) is 12.4 Å². The van der Waals surface area contributed by atoms with Crippen LogP contribution in [0.2, 0.25) is 5.02 Å². The lowest BCUT2D eigenvalue weighted by Crippen LogP contribution is -2.33. The highest BCUT2D eigenvalue weighted by atomic mass is 35.5. The molecule has 0 unspecified atom stereocenters. The molecule has 0 bridgehead atoms. The highest BCUT2D eigenvalue weighted by Crippen LogP contribution is 2.28. The Kier molecular flexibility index (Phi) is 7.06. The molecule has 0 saturated carbocycles. The lowest BCUT2D eigenvalue weighted by molar-refractivity contribution is 0.0528. The lowest BCUT2D eigenvalue weighted by atomic mass is 10.2. The second-order valence-electron chi connectivity index (χ2n) is 7.74. The van der Waals surface area contributed by atoms with Crippen LogP contribution in [-0.4, -0.2) is 39.7 Å². The predicted octanol–water partition coefficient (Wildman–Crippen LogP) is 4.89. The van der Waals surface area contributed by atoms with Gasteiger partial charge in [0, 0.05) is 18.5 Å². The number of pyridine rings is 1. The van der Waals surface area contributed by atoms with Gasteiger partial charge in [0.1, 0.15) is 23.6 Å². The topological polar surface area (TPSA) is 101 Å². The maximum atomic E-state index is 14.3. The molecular weight excluding hydrogens is 423 g/mol. The normalized spacial score (nSPS) is 11.3. The van der Waals surface area contributed by atoms with E-state index in [9.17, 15) is 9.18 Å². The Labute approximate surface area is 184 Å². The molecule has 0 radical (unpaired) electrons. The summed E-state index contributed by atoms with van der Waals surface area (Å²) < 4.78 is 19.4. The fourth-order valence-electron chi connectivity index (χ4n) is 2.69. The van der Waals surface area contributed by atoms with Crippen molar-refractivity contribution in [3.05, 3.63) is 47.6 Å². The first-order valence-corrected chi connectivity index (χ1v) is 10.1. The molecule has 10 heteroatoms. The van der Waals surface area contributed by atoms with Gasteiger partial charge in [0.15, 0.2) is 5.82 Å². The highest BCUT2D eigenvalue weighted by Gasteiger charge is 2.15. The van der Waals surface area contributed by atoms with Crippen LogP contribution in [0, 0.1) is 5.82 Å². The molecule has 8 nitrogen and oxygen atoms in total. The van der Waals surface area contributed by atoms with Crippen LogP contribution >= 0.6 is 11.6 Å². The third-order valence-electron chi connectivity index (χ3n) is 4.05. The molecule has 3 rings (SSSR count). The maximum absolute atomic E-state index is 14.3. The van der Waals surface area contributed by atoms with E-state index in [0.717, 1.165) is 0 Å². The minimum atomic E-state index is -0.555. The number of nitrogens with zero attached hydrogens (tertiary/aromatic N) is 3. The summed E-state index contributed by atoms with van der Waals surface area (Å²) in [4.78, 5) is 24.4. The summed E-state index contributed by atoms with van der Waals surface area (Å²) >= 11 is 5.86. The van der Waals surface area contributed by atoms with E-state index in [-0.39, 0.29) is 10.7 Å². The number of hydrogen-bond donors (Lipinski definition) is 3. The summed E-state index contributed by atoms with van der Waals surface area (Å²) in [6.45, 7) is 6.47. The number of nitrogens with one attached hydrogen (secondary N) is 3. The molecule has 164 valence electrons. The number of anilines is 3. The first-order valence-electron chi connectivity index (χ1n) is 9.75. The molecule has 1 amide bonds. The number of amides is 1. The molecule has 2 heterocycles. The van der Waals surface area contributed by atoms with Gasteiger partial charge >= 0.3 is 6.09 Å². The van der Waals surface area contributed by atoms with Gasteiger partial charge < -0.3 is 20.7 Å². The van der Waals surface area contributed by atoms with Crippen LogP contribution in [0.5, 0.6) is 0 Å². The van der Waals surface area contributed by atoms with Crippen molar-refractivity contribution in [3.63, 3.8) is 0 Å². The SMILES string of the molecule is CC(C)(C)OC(=O)NCCCNc1cc2c(Nc3cccc(Cl)c3F)ncnc2cn1. The Morgan fingerprint density at radius 2 is 2.00 bits per heavy atom. The minimum absolute atomic E-state index is 0.0207. The number of rotatable bonds is 7. The number of carbonyl (C=O) groups is 1. The molecule has 3 N–H and O–H groups in total. The van der Waals surface area contributed by atoms with Gasteiger partial charge in [-0.2, -0.15) is 0 Å². The third kappa shape index (κ3) is 6.39. The number of hydrogen-bond acceptors (Lipinski definition) is 7. The summed E-state index contributed by atoms with van der Waals surface area (Å²) in [7, 11) is 0. The summed E-state index contributed by atoms with van der Waals surface area (Å²) in [5, 5.41) is 9.55. The van der Waals surface area contributed by atoms with E-state index in [2.05, 4.69) is 30.9 Å². The van der Waals surface area contributed by atoms with Crippen LogP contribution in [0.4, 0.5) is 26.5 Å². The number of benzene rings is 1. The number of alkyl carbamates (subject to hydrolysis) is 1. The van der Waals surface area contributed by atoms with Crippen LogP contribution < -0.4 is 16.0 Å². The van der Waals surface area contributed by atoms with Gasteiger partial charge in [0.05, 0.1) is 22.4 Å². The van der Waals surface area contributed by atoms with Gasteiger partial charge in [-0.3, -0.25) is 0 Å². The van der Waals surface area contributed by atoms with E-state index in [4.69, 9.17) is 16.3 Å². The number of halogens is 2. The van der Waals surface area contributed by atoms with Crippen molar-refractivity contribution >= 4 is 45.9 Å². The average molecular weight is 447 g/mol. The van der Waals surface area contributed by atoms with Gasteiger partial charge in [-0.15, -0.1) is 0 Å². The Morgan fingerprint density at radius 3 is 2.77 bits per heavy atom. The highest BCUT2D eigenvalue weighted by molar-refractivity contribution is 6.31. The van der Waals surface area contributed by atoms with Crippen molar-refractivity contribution in [2.45, 2.75) is 32.8 Å². The smallest absolute Gasteiger partial charge is 0.407 e. The molecule has 0 saturated heterocycles. The molecule has 0 aliphatic heterocycles. The van der Waals surface area contributed by atoms with E-state index in [1.807, 2.05) is 20.8 Å². The molecule has 3 aromatic rings. The monoisotopic (exact) mass is 446 g/mol. The molecule has 0 fully saturated rings.